The normalized spacial score (nSPS) is 22.3. The lowest BCUT2D eigenvalue weighted by Crippen LogP contribution is -2.57. The molecule has 1 aliphatic heterocycles. The number of ether oxygens (including phenoxy) is 1. The third-order valence-corrected chi connectivity index (χ3v) is 3.45. The van der Waals surface area contributed by atoms with Crippen LogP contribution in [0.2, 0.25) is 0 Å². The van der Waals surface area contributed by atoms with Crippen LogP contribution in [0.5, 0.6) is 0 Å². The molecular weight excluding hydrogens is 230 g/mol. The van der Waals surface area contributed by atoms with E-state index in [0.717, 1.165) is 51.6 Å². The molecule has 6 nitrogen and oxygen atoms in total. The Balaban J connectivity index is 2.49. The number of likely N-dealkylation sites (N-methyl/N-ethyl adjacent to an activating group) is 1. The molecule has 6 heteroatoms. The van der Waals surface area contributed by atoms with Crippen molar-refractivity contribution >= 4 is 5.96 Å². The molecule has 1 aliphatic rings. The maximum atomic E-state index is 5.57. The molecular formula is C12H27N5O. The molecule has 1 unspecified atom stereocenters. The molecule has 1 saturated heterocycles. The second kappa shape index (κ2) is 8.29. The first kappa shape index (κ1) is 15.2. The molecule has 0 aliphatic carbocycles. The maximum Gasteiger partial charge on any atom is 0.208 e. The van der Waals surface area contributed by atoms with Gasteiger partial charge in [-0.2, -0.15) is 0 Å². The lowest BCUT2D eigenvalue weighted by atomic mass is 10.1. The van der Waals surface area contributed by atoms with Crippen molar-refractivity contribution < 1.29 is 4.74 Å². The van der Waals surface area contributed by atoms with Crippen molar-refractivity contribution in [2.75, 3.05) is 46.9 Å². The average molecular weight is 257 g/mol. The van der Waals surface area contributed by atoms with Gasteiger partial charge in [0.15, 0.2) is 0 Å². The minimum absolute atomic E-state index is 0.580. The molecule has 0 spiro atoms. The number of hydrogen-bond acceptors (Lipinski definition) is 4. The van der Waals surface area contributed by atoms with Crippen molar-refractivity contribution in [3.63, 3.8) is 0 Å². The molecule has 0 aromatic carbocycles. The predicted molar refractivity (Wildman–Crippen MR) is 74.4 cm³/mol. The van der Waals surface area contributed by atoms with Crippen LogP contribution < -0.4 is 11.3 Å². The Bertz CT molecular complexity index is 259. The average Bonchev–Trinajstić information content (AvgIpc) is 2.40. The van der Waals surface area contributed by atoms with Gasteiger partial charge in [0.2, 0.25) is 5.96 Å². The van der Waals surface area contributed by atoms with Crippen LogP contribution in [-0.2, 0) is 4.74 Å². The summed E-state index contributed by atoms with van der Waals surface area (Å²) in [7, 11) is 3.88. The molecule has 0 aromatic rings. The van der Waals surface area contributed by atoms with Gasteiger partial charge in [-0.05, 0) is 19.9 Å². The quantitative estimate of drug-likeness (QED) is 0.236. The number of nitrogens with zero attached hydrogens (tertiary/aromatic N) is 3. The molecule has 1 rings (SSSR count). The van der Waals surface area contributed by atoms with E-state index in [9.17, 15) is 0 Å². The van der Waals surface area contributed by atoms with Crippen molar-refractivity contribution in [2.45, 2.75) is 25.8 Å². The monoisotopic (exact) mass is 257 g/mol. The largest absolute Gasteiger partial charge is 0.385 e. The van der Waals surface area contributed by atoms with E-state index in [2.05, 4.69) is 34.2 Å². The summed E-state index contributed by atoms with van der Waals surface area (Å²) in [5.41, 5.74) is 2.72. The fraction of sp³-hybridized carbons (Fsp3) is 0.917. The SMILES string of the molecule is CCC1CN(C(=NCCCOC)NN)CCN1C. The van der Waals surface area contributed by atoms with Gasteiger partial charge in [0.1, 0.15) is 0 Å². The van der Waals surface area contributed by atoms with Crippen LogP contribution in [0.15, 0.2) is 4.99 Å². The molecule has 18 heavy (non-hydrogen) atoms. The van der Waals surface area contributed by atoms with Crippen LogP contribution in [-0.4, -0.2) is 68.7 Å². The Morgan fingerprint density at radius 3 is 2.89 bits per heavy atom. The number of aliphatic imine (C=N–C) groups is 1. The van der Waals surface area contributed by atoms with Crippen molar-refractivity contribution in [1.82, 2.24) is 15.2 Å². The summed E-state index contributed by atoms with van der Waals surface area (Å²) >= 11 is 0. The van der Waals surface area contributed by atoms with Gasteiger partial charge in [0.05, 0.1) is 0 Å². The molecule has 1 atom stereocenters. The van der Waals surface area contributed by atoms with E-state index < -0.39 is 0 Å². The minimum atomic E-state index is 0.580. The Kier molecular flexibility index (Phi) is 7.00. The maximum absolute atomic E-state index is 5.57. The van der Waals surface area contributed by atoms with Crippen LogP contribution >= 0.6 is 0 Å². The lowest BCUT2D eigenvalue weighted by molar-refractivity contribution is 0.135. The molecule has 0 aromatic heterocycles. The zero-order chi connectivity index (χ0) is 13.4. The topological polar surface area (TPSA) is 66.1 Å². The van der Waals surface area contributed by atoms with Crippen molar-refractivity contribution in [3.8, 4) is 0 Å². The van der Waals surface area contributed by atoms with E-state index in [1.54, 1.807) is 7.11 Å². The van der Waals surface area contributed by atoms with Gasteiger partial charge < -0.3 is 9.64 Å². The standard InChI is InChI=1S/C12H27N5O/c1-4-11-10-17(8-7-16(11)2)12(15-13)14-6-5-9-18-3/h11H,4-10,13H2,1-3H3,(H,14,15). The van der Waals surface area contributed by atoms with Crippen LogP contribution in [0.3, 0.4) is 0 Å². The highest BCUT2D eigenvalue weighted by Crippen LogP contribution is 2.10. The minimum Gasteiger partial charge on any atom is -0.385 e. The summed E-state index contributed by atoms with van der Waals surface area (Å²) in [4.78, 5) is 9.14. The highest BCUT2D eigenvalue weighted by atomic mass is 16.5. The van der Waals surface area contributed by atoms with E-state index in [1.807, 2.05) is 0 Å². The zero-order valence-electron chi connectivity index (χ0n) is 11.9. The molecule has 106 valence electrons. The third kappa shape index (κ3) is 4.44. The summed E-state index contributed by atoms with van der Waals surface area (Å²) in [5.74, 6) is 6.38. The van der Waals surface area contributed by atoms with Crippen molar-refractivity contribution in [3.05, 3.63) is 0 Å². The summed E-state index contributed by atoms with van der Waals surface area (Å²) in [5, 5.41) is 0. The summed E-state index contributed by atoms with van der Waals surface area (Å²) in [6.07, 6.45) is 2.07. The molecule has 1 fully saturated rings. The smallest absolute Gasteiger partial charge is 0.208 e. The van der Waals surface area contributed by atoms with Crippen molar-refractivity contribution in [2.24, 2.45) is 10.8 Å². The van der Waals surface area contributed by atoms with Gasteiger partial charge in [-0.15, -0.1) is 0 Å². The van der Waals surface area contributed by atoms with E-state index in [1.165, 1.54) is 0 Å². The van der Waals surface area contributed by atoms with E-state index in [-0.39, 0.29) is 0 Å². The highest BCUT2D eigenvalue weighted by Gasteiger charge is 2.24. The lowest BCUT2D eigenvalue weighted by Gasteiger charge is -2.40. The zero-order valence-corrected chi connectivity index (χ0v) is 11.9. The van der Waals surface area contributed by atoms with Crippen LogP contribution in [0.1, 0.15) is 19.8 Å². The van der Waals surface area contributed by atoms with Crippen LogP contribution in [0.25, 0.3) is 0 Å². The fourth-order valence-corrected chi connectivity index (χ4v) is 2.21. The first-order valence-corrected chi connectivity index (χ1v) is 6.68. The van der Waals surface area contributed by atoms with Gasteiger partial charge >= 0.3 is 0 Å². The third-order valence-electron chi connectivity index (χ3n) is 3.45. The van der Waals surface area contributed by atoms with Gasteiger partial charge in [-0.3, -0.25) is 15.3 Å². The molecule has 3 N–H and O–H groups in total. The second-order valence-electron chi connectivity index (χ2n) is 4.68. The second-order valence-corrected chi connectivity index (χ2v) is 4.68. The summed E-state index contributed by atoms with van der Waals surface area (Å²) in [6, 6.07) is 0.580. The van der Waals surface area contributed by atoms with Gasteiger partial charge in [0, 0.05) is 45.9 Å². The molecule has 0 bridgehead atoms. The number of rotatable bonds is 5. The van der Waals surface area contributed by atoms with Crippen molar-refractivity contribution in [1.29, 1.82) is 0 Å². The predicted octanol–water partition coefficient (Wildman–Crippen LogP) is -0.132. The molecule has 0 saturated carbocycles. The Morgan fingerprint density at radius 2 is 2.28 bits per heavy atom. The van der Waals surface area contributed by atoms with E-state index >= 15 is 0 Å². The fourth-order valence-electron chi connectivity index (χ4n) is 2.21. The number of methoxy groups -OCH3 is 1. The summed E-state index contributed by atoms with van der Waals surface area (Å²) < 4.78 is 5.01. The van der Waals surface area contributed by atoms with Gasteiger partial charge in [-0.25, -0.2) is 5.84 Å². The number of nitrogens with one attached hydrogen (secondary N) is 1. The van der Waals surface area contributed by atoms with E-state index in [4.69, 9.17) is 10.6 Å². The van der Waals surface area contributed by atoms with Crippen LogP contribution in [0, 0.1) is 0 Å². The number of nitrogens with two attached hydrogens (primary N) is 1. The highest BCUT2D eigenvalue weighted by molar-refractivity contribution is 5.79. The first-order valence-electron chi connectivity index (χ1n) is 6.68. The first-order chi connectivity index (χ1) is 8.72. The number of hydrogen-bond donors (Lipinski definition) is 2. The van der Waals surface area contributed by atoms with Gasteiger partial charge in [-0.1, -0.05) is 6.92 Å². The molecule has 0 radical (unpaired) electrons. The Morgan fingerprint density at radius 1 is 1.50 bits per heavy atom. The number of piperazine rings is 1. The number of guanidine groups is 1. The summed E-state index contributed by atoms with van der Waals surface area (Å²) in [6.45, 7) is 6.71. The van der Waals surface area contributed by atoms with Gasteiger partial charge in [0.25, 0.3) is 0 Å². The van der Waals surface area contributed by atoms with E-state index in [0.29, 0.717) is 6.04 Å². The Labute approximate surface area is 110 Å². The molecule has 0 amide bonds. The molecule has 1 heterocycles. The Hall–Kier alpha value is -0.850. The van der Waals surface area contributed by atoms with Crippen LogP contribution in [0.4, 0.5) is 0 Å². The number of hydrazine groups is 1.